The summed E-state index contributed by atoms with van der Waals surface area (Å²) in [6, 6.07) is 8.20. The predicted octanol–water partition coefficient (Wildman–Crippen LogP) is 2.67. The average molecular weight is 315 g/mol. The molecule has 1 aromatic carbocycles. The van der Waals surface area contributed by atoms with Crippen molar-refractivity contribution in [3.63, 3.8) is 0 Å². The standard InChI is InChI=1S/C16H17N3O4/c1-10(20)11-8-14(17-9-11)15(21)18-12-4-6-13(7-5-12)19(2)16(22)23-3/h4-9,17H,1-3H3,(H,18,21). The van der Waals surface area contributed by atoms with Crippen molar-refractivity contribution in [2.45, 2.75) is 6.92 Å². The van der Waals surface area contributed by atoms with Crippen molar-refractivity contribution in [3.8, 4) is 0 Å². The molecular weight excluding hydrogens is 298 g/mol. The predicted molar refractivity (Wildman–Crippen MR) is 86.0 cm³/mol. The van der Waals surface area contributed by atoms with E-state index in [0.717, 1.165) is 0 Å². The number of nitrogens with one attached hydrogen (secondary N) is 2. The summed E-state index contributed by atoms with van der Waals surface area (Å²) in [5, 5.41) is 2.70. The van der Waals surface area contributed by atoms with Gasteiger partial charge in [-0.2, -0.15) is 0 Å². The van der Waals surface area contributed by atoms with E-state index in [1.807, 2.05) is 0 Å². The Kier molecular flexibility index (Phi) is 4.80. The van der Waals surface area contributed by atoms with E-state index in [2.05, 4.69) is 15.0 Å². The molecule has 0 bridgehead atoms. The molecule has 2 aromatic rings. The zero-order valence-corrected chi connectivity index (χ0v) is 13.0. The number of hydrogen-bond donors (Lipinski definition) is 2. The van der Waals surface area contributed by atoms with Crippen molar-refractivity contribution >= 4 is 29.2 Å². The number of carbonyl (C=O) groups is 3. The van der Waals surface area contributed by atoms with Gasteiger partial charge in [0.25, 0.3) is 5.91 Å². The van der Waals surface area contributed by atoms with Gasteiger partial charge in [0, 0.05) is 30.2 Å². The molecule has 0 saturated heterocycles. The minimum atomic E-state index is -0.482. The highest BCUT2D eigenvalue weighted by Gasteiger charge is 2.12. The third-order valence-electron chi connectivity index (χ3n) is 3.30. The molecular formula is C16H17N3O4. The van der Waals surface area contributed by atoms with Crippen LogP contribution in [-0.2, 0) is 4.74 Å². The van der Waals surface area contributed by atoms with Crippen molar-refractivity contribution in [2.75, 3.05) is 24.4 Å². The summed E-state index contributed by atoms with van der Waals surface area (Å²) in [5.41, 5.74) is 1.95. The number of H-pyrrole nitrogens is 1. The van der Waals surface area contributed by atoms with Crippen LogP contribution in [-0.4, -0.2) is 36.9 Å². The highest BCUT2D eigenvalue weighted by molar-refractivity contribution is 6.05. The topological polar surface area (TPSA) is 91.5 Å². The molecule has 0 aliphatic carbocycles. The zero-order valence-electron chi connectivity index (χ0n) is 13.0. The van der Waals surface area contributed by atoms with Gasteiger partial charge in [-0.15, -0.1) is 0 Å². The van der Waals surface area contributed by atoms with Crippen LogP contribution < -0.4 is 10.2 Å². The van der Waals surface area contributed by atoms with E-state index >= 15 is 0 Å². The Hall–Kier alpha value is -3.09. The van der Waals surface area contributed by atoms with E-state index in [1.165, 1.54) is 31.2 Å². The number of amides is 2. The van der Waals surface area contributed by atoms with E-state index in [4.69, 9.17) is 0 Å². The molecule has 7 nitrogen and oxygen atoms in total. The molecule has 7 heteroatoms. The minimum Gasteiger partial charge on any atom is -0.452 e. The number of ketones is 1. The molecule has 2 rings (SSSR count). The first-order chi connectivity index (χ1) is 10.9. The molecule has 120 valence electrons. The van der Waals surface area contributed by atoms with E-state index in [-0.39, 0.29) is 11.7 Å². The summed E-state index contributed by atoms with van der Waals surface area (Å²) >= 11 is 0. The fourth-order valence-corrected chi connectivity index (χ4v) is 1.94. The Morgan fingerprint density at radius 2 is 1.83 bits per heavy atom. The maximum absolute atomic E-state index is 12.1. The van der Waals surface area contributed by atoms with Gasteiger partial charge in [-0.05, 0) is 37.3 Å². The van der Waals surface area contributed by atoms with Crippen molar-refractivity contribution in [3.05, 3.63) is 47.8 Å². The second-order valence-electron chi connectivity index (χ2n) is 4.89. The number of aromatic nitrogens is 1. The monoisotopic (exact) mass is 315 g/mol. The van der Waals surface area contributed by atoms with Crippen LogP contribution in [0.3, 0.4) is 0 Å². The number of anilines is 2. The Bertz CT molecular complexity index is 734. The van der Waals surface area contributed by atoms with Crippen molar-refractivity contribution in [1.29, 1.82) is 0 Å². The third-order valence-corrected chi connectivity index (χ3v) is 3.30. The first-order valence-corrected chi connectivity index (χ1v) is 6.85. The lowest BCUT2D eigenvalue weighted by atomic mass is 10.2. The summed E-state index contributed by atoms with van der Waals surface area (Å²) in [6.45, 7) is 1.43. The van der Waals surface area contributed by atoms with Gasteiger partial charge in [-0.25, -0.2) is 4.79 Å². The second kappa shape index (κ2) is 6.78. The van der Waals surface area contributed by atoms with Gasteiger partial charge in [0.15, 0.2) is 5.78 Å². The van der Waals surface area contributed by atoms with Gasteiger partial charge in [-0.3, -0.25) is 14.5 Å². The van der Waals surface area contributed by atoms with Crippen molar-refractivity contribution in [1.82, 2.24) is 4.98 Å². The number of benzene rings is 1. The van der Waals surface area contributed by atoms with E-state index in [1.54, 1.807) is 31.3 Å². The van der Waals surface area contributed by atoms with Gasteiger partial charge in [-0.1, -0.05) is 0 Å². The van der Waals surface area contributed by atoms with E-state index in [0.29, 0.717) is 22.6 Å². The number of nitrogens with zero attached hydrogens (tertiary/aromatic N) is 1. The summed E-state index contributed by atoms with van der Waals surface area (Å²) in [6.07, 6.45) is 1.01. The van der Waals surface area contributed by atoms with Crippen LogP contribution in [0.5, 0.6) is 0 Å². The van der Waals surface area contributed by atoms with Gasteiger partial charge in [0.2, 0.25) is 0 Å². The van der Waals surface area contributed by atoms with Crippen LogP contribution >= 0.6 is 0 Å². The van der Waals surface area contributed by atoms with Crippen LogP contribution in [0.15, 0.2) is 36.5 Å². The van der Waals surface area contributed by atoms with Crippen LogP contribution in [0.2, 0.25) is 0 Å². The van der Waals surface area contributed by atoms with Crippen LogP contribution in [0, 0.1) is 0 Å². The highest BCUT2D eigenvalue weighted by Crippen LogP contribution is 2.18. The summed E-state index contributed by atoms with van der Waals surface area (Å²) in [4.78, 5) is 38.8. The van der Waals surface area contributed by atoms with Gasteiger partial charge >= 0.3 is 6.09 Å². The van der Waals surface area contributed by atoms with Gasteiger partial charge in [0.05, 0.1) is 7.11 Å². The fraction of sp³-hybridized carbons (Fsp3) is 0.188. The molecule has 0 aliphatic rings. The lowest BCUT2D eigenvalue weighted by Crippen LogP contribution is -2.25. The van der Waals surface area contributed by atoms with Crippen molar-refractivity contribution < 1.29 is 19.1 Å². The molecule has 2 N–H and O–H groups in total. The maximum atomic E-state index is 12.1. The maximum Gasteiger partial charge on any atom is 0.413 e. The quantitative estimate of drug-likeness (QED) is 0.849. The molecule has 2 amide bonds. The number of ether oxygens (including phenoxy) is 1. The Labute approximate surface area is 133 Å². The van der Waals surface area contributed by atoms with Crippen LogP contribution in [0.1, 0.15) is 27.8 Å². The summed E-state index contributed by atoms with van der Waals surface area (Å²) in [5.74, 6) is -0.470. The Morgan fingerprint density at radius 1 is 1.17 bits per heavy atom. The molecule has 1 heterocycles. The number of carbonyl (C=O) groups excluding carboxylic acids is 3. The smallest absolute Gasteiger partial charge is 0.413 e. The second-order valence-corrected chi connectivity index (χ2v) is 4.89. The number of hydrogen-bond acceptors (Lipinski definition) is 4. The SMILES string of the molecule is COC(=O)N(C)c1ccc(NC(=O)c2cc(C(C)=O)c[nH]2)cc1. The molecule has 0 fully saturated rings. The zero-order chi connectivity index (χ0) is 17.0. The third kappa shape index (κ3) is 3.76. The molecule has 0 radical (unpaired) electrons. The number of aromatic amines is 1. The number of methoxy groups -OCH3 is 1. The van der Waals surface area contributed by atoms with Crippen LogP contribution in [0.25, 0.3) is 0 Å². The molecule has 0 unspecified atom stereocenters. The summed E-state index contributed by atoms with van der Waals surface area (Å²) < 4.78 is 4.63. The highest BCUT2D eigenvalue weighted by atomic mass is 16.5. The van der Waals surface area contributed by atoms with Crippen LogP contribution in [0.4, 0.5) is 16.2 Å². The van der Waals surface area contributed by atoms with Gasteiger partial charge in [0.1, 0.15) is 5.69 Å². The fourth-order valence-electron chi connectivity index (χ4n) is 1.94. The first-order valence-electron chi connectivity index (χ1n) is 6.85. The molecule has 0 saturated carbocycles. The normalized spacial score (nSPS) is 10.0. The average Bonchev–Trinajstić information content (AvgIpc) is 3.04. The van der Waals surface area contributed by atoms with Crippen molar-refractivity contribution in [2.24, 2.45) is 0 Å². The molecule has 1 aromatic heterocycles. The molecule has 0 spiro atoms. The van der Waals surface area contributed by atoms with Gasteiger partial charge < -0.3 is 15.0 Å². The molecule has 23 heavy (non-hydrogen) atoms. The number of rotatable bonds is 4. The largest absolute Gasteiger partial charge is 0.452 e. The van der Waals surface area contributed by atoms with E-state index < -0.39 is 6.09 Å². The lowest BCUT2D eigenvalue weighted by Gasteiger charge is -2.15. The van der Waals surface area contributed by atoms with E-state index in [9.17, 15) is 14.4 Å². The molecule has 0 aliphatic heterocycles. The Morgan fingerprint density at radius 3 is 2.35 bits per heavy atom. The minimum absolute atomic E-state index is 0.115. The Balaban J connectivity index is 2.06. The number of Topliss-reactive ketones (excluding diaryl/α,β-unsaturated/α-hetero) is 1. The summed E-state index contributed by atoms with van der Waals surface area (Å²) in [7, 11) is 2.89. The first kappa shape index (κ1) is 16.3. The lowest BCUT2D eigenvalue weighted by molar-refractivity contribution is 0.101. The molecule has 0 atom stereocenters.